The maximum atomic E-state index is 12.9. The molecule has 1 N–H and O–H groups in total. The van der Waals surface area contributed by atoms with Crippen LogP contribution in [0.1, 0.15) is 33.6 Å². The highest BCUT2D eigenvalue weighted by molar-refractivity contribution is 6.11. The number of hydrogen-bond acceptors (Lipinski definition) is 3. The van der Waals surface area contributed by atoms with Crippen molar-refractivity contribution >= 4 is 17.5 Å². The van der Waals surface area contributed by atoms with E-state index in [0.29, 0.717) is 24.3 Å². The van der Waals surface area contributed by atoms with Crippen LogP contribution in [0.25, 0.3) is 0 Å². The van der Waals surface area contributed by atoms with Gasteiger partial charge in [-0.15, -0.1) is 0 Å². The highest BCUT2D eigenvalue weighted by atomic mass is 16.5. The van der Waals surface area contributed by atoms with Crippen LogP contribution in [0.4, 0.5) is 5.69 Å². The number of para-hydroxylation sites is 2. The summed E-state index contributed by atoms with van der Waals surface area (Å²) in [5, 5.41) is 2.86. The molecule has 2 unspecified atom stereocenters. The van der Waals surface area contributed by atoms with Gasteiger partial charge in [0.1, 0.15) is 17.3 Å². The Hall–Kier alpha value is -2.04. The number of rotatable bonds is 4. The molecule has 0 radical (unpaired) electrons. The van der Waals surface area contributed by atoms with E-state index in [9.17, 15) is 9.59 Å². The van der Waals surface area contributed by atoms with Gasteiger partial charge in [0.2, 0.25) is 5.91 Å². The summed E-state index contributed by atoms with van der Waals surface area (Å²) in [6.45, 7) is 5.56. The van der Waals surface area contributed by atoms with E-state index in [2.05, 4.69) is 5.32 Å². The third-order valence-electron chi connectivity index (χ3n) is 4.14. The summed E-state index contributed by atoms with van der Waals surface area (Å²) in [7, 11) is 1.56. The minimum Gasteiger partial charge on any atom is -0.495 e. The number of ether oxygens (including phenoxy) is 1. The standard InChI is InChI=1S/C16H22N2O3/c1-5-11-14(19)17-16(3,6-2)15(20)18(11)12-9-7-8-10-13(12)21-4/h7-11H,5-6H2,1-4H3,(H,17,19). The first-order valence-corrected chi connectivity index (χ1v) is 7.27. The SMILES string of the molecule is CCC1C(=O)NC(C)(CC)C(=O)N1c1ccccc1OC. The monoisotopic (exact) mass is 290 g/mol. The number of hydrogen-bond donors (Lipinski definition) is 1. The normalized spacial score (nSPS) is 25.7. The molecule has 1 saturated heterocycles. The summed E-state index contributed by atoms with van der Waals surface area (Å²) in [5.74, 6) is 0.380. The Labute approximate surface area is 125 Å². The first kappa shape index (κ1) is 15.4. The average Bonchev–Trinajstić information content (AvgIpc) is 2.50. The Morgan fingerprint density at radius 2 is 1.95 bits per heavy atom. The van der Waals surface area contributed by atoms with Gasteiger partial charge in [0.25, 0.3) is 5.91 Å². The summed E-state index contributed by atoms with van der Waals surface area (Å²) < 4.78 is 5.35. The van der Waals surface area contributed by atoms with Crippen LogP contribution in [0.15, 0.2) is 24.3 Å². The van der Waals surface area contributed by atoms with Crippen molar-refractivity contribution in [1.82, 2.24) is 5.32 Å². The highest BCUT2D eigenvalue weighted by Crippen LogP contribution is 2.34. The number of nitrogens with zero attached hydrogens (tertiary/aromatic N) is 1. The van der Waals surface area contributed by atoms with Crippen molar-refractivity contribution in [3.8, 4) is 5.75 Å². The summed E-state index contributed by atoms with van der Waals surface area (Å²) in [5.41, 5.74) is -0.227. The highest BCUT2D eigenvalue weighted by Gasteiger charge is 2.47. The van der Waals surface area contributed by atoms with E-state index >= 15 is 0 Å². The van der Waals surface area contributed by atoms with Crippen LogP contribution in [0, 0.1) is 0 Å². The molecule has 2 rings (SSSR count). The number of carbonyl (C=O) groups is 2. The molecule has 5 nitrogen and oxygen atoms in total. The van der Waals surface area contributed by atoms with Crippen LogP contribution in [0.3, 0.4) is 0 Å². The lowest BCUT2D eigenvalue weighted by Crippen LogP contribution is -2.69. The number of anilines is 1. The largest absolute Gasteiger partial charge is 0.495 e. The molecule has 2 amide bonds. The third kappa shape index (κ3) is 2.48. The lowest BCUT2D eigenvalue weighted by atomic mass is 9.90. The van der Waals surface area contributed by atoms with Crippen LogP contribution in [0.2, 0.25) is 0 Å². The molecule has 1 aromatic rings. The second-order valence-electron chi connectivity index (χ2n) is 5.45. The van der Waals surface area contributed by atoms with Crippen LogP contribution in [-0.4, -0.2) is 30.5 Å². The molecule has 0 bridgehead atoms. The molecule has 21 heavy (non-hydrogen) atoms. The van der Waals surface area contributed by atoms with Gasteiger partial charge < -0.3 is 10.1 Å². The lowest BCUT2D eigenvalue weighted by molar-refractivity contribution is -0.138. The molecule has 1 fully saturated rings. The average molecular weight is 290 g/mol. The van der Waals surface area contributed by atoms with Crippen LogP contribution in [-0.2, 0) is 9.59 Å². The molecule has 114 valence electrons. The number of nitrogens with one attached hydrogen (secondary N) is 1. The Morgan fingerprint density at radius 1 is 1.29 bits per heavy atom. The number of benzene rings is 1. The zero-order valence-electron chi connectivity index (χ0n) is 13.0. The quantitative estimate of drug-likeness (QED) is 0.924. The molecule has 0 aliphatic carbocycles. The van der Waals surface area contributed by atoms with E-state index in [4.69, 9.17) is 4.74 Å². The summed E-state index contributed by atoms with van der Waals surface area (Å²) in [6.07, 6.45) is 1.09. The summed E-state index contributed by atoms with van der Waals surface area (Å²) in [4.78, 5) is 26.9. The minimum atomic E-state index is -0.871. The van der Waals surface area contributed by atoms with E-state index in [0.717, 1.165) is 0 Å². The fraction of sp³-hybridized carbons (Fsp3) is 0.500. The molecule has 1 aliphatic rings. The van der Waals surface area contributed by atoms with Gasteiger partial charge >= 0.3 is 0 Å². The molecular weight excluding hydrogens is 268 g/mol. The van der Waals surface area contributed by atoms with E-state index in [-0.39, 0.29) is 11.8 Å². The molecule has 1 heterocycles. The molecule has 1 aromatic carbocycles. The summed E-state index contributed by atoms with van der Waals surface area (Å²) in [6, 6.07) is 6.79. The molecule has 1 aliphatic heterocycles. The van der Waals surface area contributed by atoms with Gasteiger partial charge in [0.05, 0.1) is 12.8 Å². The molecule has 0 saturated carbocycles. The Bertz CT molecular complexity index is 558. The maximum absolute atomic E-state index is 12.9. The Morgan fingerprint density at radius 3 is 2.52 bits per heavy atom. The zero-order chi connectivity index (χ0) is 15.6. The topological polar surface area (TPSA) is 58.6 Å². The maximum Gasteiger partial charge on any atom is 0.253 e. The van der Waals surface area contributed by atoms with Crippen LogP contribution >= 0.6 is 0 Å². The second kappa shape index (κ2) is 5.76. The van der Waals surface area contributed by atoms with Crippen LogP contribution in [0.5, 0.6) is 5.75 Å². The molecule has 2 atom stereocenters. The van der Waals surface area contributed by atoms with Crippen molar-refractivity contribution in [3.05, 3.63) is 24.3 Å². The Kier molecular flexibility index (Phi) is 4.21. The van der Waals surface area contributed by atoms with Gasteiger partial charge in [-0.3, -0.25) is 14.5 Å². The van der Waals surface area contributed by atoms with E-state index < -0.39 is 11.6 Å². The smallest absolute Gasteiger partial charge is 0.253 e. The van der Waals surface area contributed by atoms with Gasteiger partial charge in [0, 0.05) is 0 Å². The minimum absolute atomic E-state index is 0.0963. The van der Waals surface area contributed by atoms with E-state index in [1.54, 1.807) is 25.0 Å². The van der Waals surface area contributed by atoms with Crippen molar-refractivity contribution < 1.29 is 14.3 Å². The molecular formula is C16H22N2O3. The van der Waals surface area contributed by atoms with Crippen molar-refractivity contribution in [3.63, 3.8) is 0 Å². The van der Waals surface area contributed by atoms with E-state index in [1.807, 2.05) is 32.0 Å². The third-order valence-corrected chi connectivity index (χ3v) is 4.14. The number of methoxy groups -OCH3 is 1. The second-order valence-corrected chi connectivity index (χ2v) is 5.45. The number of amides is 2. The van der Waals surface area contributed by atoms with Crippen molar-refractivity contribution in [1.29, 1.82) is 0 Å². The molecule has 0 aromatic heterocycles. The lowest BCUT2D eigenvalue weighted by Gasteiger charge is -2.44. The van der Waals surface area contributed by atoms with Gasteiger partial charge in [-0.25, -0.2) is 0 Å². The number of carbonyl (C=O) groups excluding carboxylic acids is 2. The fourth-order valence-electron chi connectivity index (χ4n) is 2.65. The predicted molar refractivity (Wildman–Crippen MR) is 81.4 cm³/mol. The zero-order valence-corrected chi connectivity index (χ0v) is 13.0. The van der Waals surface area contributed by atoms with Crippen molar-refractivity contribution in [2.45, 2.75) is 45.2 Å². The fourth-order valence-corrected chi connectivity index (χ4v) is 2.65. The first-order valence-electron chi connectivity index (χ1n) is 7.27. The predicted octanol–water partition coefficient (Wildman–Crippen LogP) is 2.11. The van der Waals surface area contributed by atoms with E-state index in [1.165, 1.54) is 0 Å². The van der Waals surface area contributed by atoms with Gasteiger partial charge in [0.15, 0.2) is 0 Å². The molecule has 5 heteroatoms. The first-order chi connectivity index (χ1) is 9.98. The van der Waals surface area contributed by atoms with Crippen LogP contribution < -0.4 is 15.0 Å². The van der Waals surface area contributed by atoms with Gasteiger partial charge in [-0.1, -0.05) is 26.0 Å². The van der Waals surface area contributed by atoms with Gasteiger partial charge in [-0.2, -0.15) is 0 Å². The Balaban J connectivity index is 2.55. The molecule has 0 spiro atoms. The summed E-state index contributed by atoms with van der Waals surface area (Å²) >= 11 is 0. The van der Waals surface area contributed by atoms with Crippen molar-refractivity contribution in [2.75, 3.05) is 12.0 Å². The van der Waals surface area contributed by atoms with Crippen molar-refractivity contribution in [2.24, 2.45) is 0 Å². The van der Waals surface area contributed by atoms with Gasteiger partial charge in [-0.05, 0) is 31.9 Å². The number of piperazine rings is 1.